The van der Waals surface area contributed by atoms with Gasteiger partial charge in [-0.15, -0.1) is 11.3 Å². The zero-order chi connectivity index (χ0) is 15.2. The topological polar surface area (TPSA) is 58.2 Å². The number of hydrogen-bond donors (Lipinski definition) is 2. The molecule has 0 fully saturated rings. The molecule has 5 heteroatoms. The van der Waals surface area contributed by atoms with E-state index in [0.29, 0.717) is 11.4 Å². The summed E-state index contributed by atoms with van der Waals surface area (Å²) in [5.74, 6) is -0.404. The van der Waals surface area contributed by atoms with E-state index in [4.69, 9.17) is 0 Å². The summed E-state index contributed by atoms with van der Waals surface area (Å²) in [7, 11) is 0. The van der Waals surface area contributed by atoms with E-state index >= 15 is 0 Å². The van der Waals surface area contributed by atoms with Gasteiger partial charge in [-0.2, -0.15) is 0 Å². The molecule has 0 radical (unpaired) electrons. The second-order valence-corrected chi connectivity index (χ2v) is 6.08. The molecule has 0 atom stereocenters. The third kappa shape index (κ3) is 4.43. The molecule has 0 unspecified atom stereocenters. The molecule has 1 aromatic heterocycles. The minimum Gasteiger partial charge on any atom is -0.350 e. The van der Waals surface area contributed by atoms with Gasteiger partial charge in [0.05, 0.1) is 11.4 Å². The molecule has 1 aromatic carbocycles. The van der Waals surface area contributed by atoms with Gasteiger partial charge in [0.25, 0.3) is 5.91 Å². The number of carbonyl (C=O) groups excluding carboxylic acids is 2. The molecular formula is C16H18N2O2S. The maximum atomic E-state index is 11.8. The van der Waals surface area contributed by atoms with Crippen LogP contribution in [0.3, 0.4) is 0 Å². The fourth-order valence-corrected chi connectivity index (χ4v) is 2.65. The summed E-state index contributed by atoms with van der Waals surface area (Å²) in [6, 6.07) is 11.5. The van der Waals surface area contributed by atoms with Crippen molar-refractivity contribution in [2.45, 2.75) is 20.4 Å². The minimum atomic E-state index is -0.209. The van der Waals surface area contributed by atoms with Crippen molar-refractivity contribution in [3.8, 4) is 0 Å². The Morgan fingerprint density at radius 1 is 1.05 bits per heavy atom. The van der Waals surface area contributed by atoms with Crippen LogP contribution in [0.1, 0.15) is 25.7 Å². The summed E-state index contributed by atoms with van der Waals surface area (Å²) < 4.78 is 0. The summed E-state index contributed by atoms with van der Waals surface area (Å²) in [4.78, 5) is 25.3. The number of nitrogens with one attached hydrogen (secondary N) is 2. The van der Waals surface area contributed by atoms with E-state index in [1.165, 1.54) is 11.3 Å². The van der Waals surface area contributed by atoms with Gasteiger partial charge in [-0.3, -0.25) is 9.59 Å². The van der Waals surface area contributed by atoms with E-state index in [1.54, 1.807) is 6.07 Å². The molecule has 0 saturated carbocycles. The van der Waals surface area contributed by atoms with Crippen LogP contribution in [0.25, 0.3) is 0 Å². The molecule has 2 rings (SSSR count). The predicted molar refractivity (Wildman–Crippen MR) is 84.4 cm³/mol. The number of thiophene rings is 1. The van der Waals surface area contributed by atoms with E-state index in [2.05, 4.69) is 10.6 Å². The predicted octanol–water partition coefficient (Wildman–Crippen LogP) is 2.41. The molecule has 0 aliphatic heterocycles. The number of carbonyl (C=O) groups is 2. The zero-order valence-corrected chi connectivity index (χ0v) is 12.9. The zero-order valence-electron chi connectivity index (χ0n) is 12.1. The Hall–Kier alpha value is -2.14. The van der Waals surface area contributed by atoms with Crippen LogP contribution in [0.5, 0.6) is 0 Å². The Balaban J connectivity index is 1.78. The molecule has 2 aromatic rings. The molecule has 110 valence electrons. The normalized spacial score (nSPS) is 10.2. The van der Waals surface area contributed by atoms with Crippen molar-refractivity contribution in [1.82, 2.24) is 10.6 Å². The lowest BCUT2D eigenvalue weighted by molar-refractivity contribution is -0.120. The highest BCUT2D eigenvalue weighted by atomic mass is 32.1. The molecule has 0 aliphatic rings. The van der Waals surface area contributed by atoms with Crippen LogP contribution >= 0.6 is 11.3 Å². The fraction of sp³-hybridized carbons (Fsp3) is 0.250. The molecule has 4 nitrogen and oxygen atoms in total. The molecule has 21 heavy (non-hydrogen) atoms. The number of aryl methyl sites for hydroxylation is 2. The molecule has 1 heterocycles. The second kappa shape index (κ2) is 7.04. The SMILES string of the molecule is Cc1ccc(C(=O)NCC(=O)NCc2ccccc2C)s1. The van der Waals surface area contributed by atoms with E-state index in [-0.39, 0.29) is 18.4 Å². The molecule has 0 spiro atoms. The summed E-state index contributed by atoms with van der Waals surface area (Å²) in [5.41, 5.74) is 2.21. The lowest BCUT2D eigenvalue weighted by atomic mass is 10.1. The molecule has 0 bridgehead atoms. The summed E-state index contributed by atoms with van der Waals surface area (Å²) in [5, 5.41) is 5.42. The summed E-state index contributed by atoms with van der Waals surface area (Å²) >= 11 is 1.42. The van der Waals surface area contributed by atoms with Gasteiger partial charge < -0.3 is 10.6 Å². The van der Waals surface area contributed by atoms with Gasteiger partial charge in [-0.05, 0) is 37.1 Å². The van der Waals surface area contributed by atoms with Crippen LogP contribution in [-0.2, 0) is 11.3 Å². The standard InChI is InChI=1S/C16H18N2O2S/c1-11-5-3-4-6-13(11)9-17-15(19)10-18-16(20)14-8-7-12(2)21-14/h3-8H,9-10H2,1-2H3,(H,17,19)(H,18,20). The number of rotatable bonds is 5. The van der Waals surface area contributed by atoms with Gasteiger partial charge in [0.15, 0.2) is 0 Å². The van der Waals surface area contributed by atoms with Gasteiger partial charge in [-0.1, -0.05) is 24.3 Å². The van der Waals surface area contributed by atoms with Crippen molar-refractivity contribution >= 4 is 23.2 Å². The molecule has 0 aliphatic carbocycles. The van der Waals surface area contributed by atoms with E-state index < -0.39 is 0 Å². The van der Waals surface area contributed by atoms with Crippen LogP contribution in [0.4, 0.5) is 0 Å². The van der Waals surface area contributed by atoms with Crippen molar-refractivity contribution in [2.24, 2.45) is 0 Å². The third-order valence-electron chi connectivity index (χ3n) is 3.11. The molecule has 2 N–H and O–H groups in total. The number of amides is 2. The van der Waals surface area contributed by atoms with Crippen molar-refractivity contribution < 1.29 is 9.59 Å². The smallest absolute Gasteiger partial charge is 0.261 e. The number of hydrogen-bond acceptors (Lipinski definition) is 3. The molecular weight excluding hydrogens is 284 g/mol. The first-order valence-electron chi connectivity index (χ1n) is 6.72. The molecule has 0 saturated heterocycles. The lowest BCUT2D eigenvalue weighted by Crippen LogP contribution is -2.36. The Labute approximate surface area is 128 Å². The highest BCUT2D eigenvalue weighted by molar-refractivity contribution is 7.13. The monoisotopic (exact) mass is 302 g/mol. The molecule has 2 amide bonds. The van der Waals surface area contributed by atoms with Gasteiger partial charge in [-0.25, -0.2) is 0 Å². The highest BCUT2D eigenvalue weighted by Crippen LogP contribution is 2.14. The van der Waals surface area contributed by atoms with Gasteiger partial charge in [0, 0.05) is 11.4 Å². The van der Waals surface area contributed by atoms with E-state index in [0.717, 1.165) is 16.0 Å². The van der Waals surface area contributed by atoms with Gasteiger partial charge in [0.2, 0.25) is 5.91 Å². The largest absolute Gasteiger partial charge is 0.350 e. The first-order chi connectivity index (χ1) is 10.1. The first-order valence-corrected chi connectivity index (χ1v) is 7.54. The Kier molecular flexibility index (Phi) is 5.11. The maximum Gasteiger partial charge on any atom is 0.261 e. The first kappa shape index (κ1) is 15.3. The summed E-state index contributed by atoms with van der Waals surface area (Å²) in [6.07, 6.45) is 0. The van der Waals surface area contributed by atoms with Crippen molar-refractivity contribution in [1.29, 1.82) is 0 Å². The Bertz CT molecular complexity index is 649. The van der Waals surface area contributed by atoms with Crippen LogP contribution in [0, 0.1) is 13.8 Å². The van der Waals surface area contributed by atoms with E-state index in [1.807, 2.05) is 44.2 Å². The summed E-state index contributed by atoms with van der Waals surface area (Å²) in [6.45, 7) is 4.40. The minimum absolute atomic E-state index is 0.0122. The average molecular weight is 302 g/mol. The van der Waals surface area contributed by atoms with Crippen LogP contribution in [0.15, 0.2) is 36.4 Å². The van der Waals surface area contributed by atoms with Crippen LogP contribution in [-0.4, -0.2) is 18.4 Å². The Morgan fingerprint density at radius 2 is 1.81 bits per heavy atom. The van der Waals surface area contributed by atoms with Crippen LogP contribution in [0.2, 0.25) is 0 Å². The lowest BCUT2D eigenvalue weighted by Gasteiger charge is -2.08. The van der Waals surface area contributed by atoms with Gasteiger partial charge >= 0.3 is 0 Å². The van der Waals surface area contributed by atoms with Crippen molar-refractivity contribution in [3.63, 3.8) is 0 Å². The average Bonchev–Trinajstić information content (AvgIpc) is 2.90. The maximum absolute atomic E-state index is 11.8. The number of benzene rings is 1. The van der Waals surface area contributed by atoms with Crippen molar-refractivity contribution in [3.05, 3.63) is 57.3 Å². The van der Waals surface area contributed by atoms with E-state index in [9.17, 15) is 9.59 Å². The van der Waals surface area contributed by atoms with Crippen molar-refractivity contribution in [2.75, 3.05) is 6.54 Å². The fourth-order valence-electron chi connectivity index (χ4n) is 1.87. The highest BCUT2D eigenvalue weighted by Gasteiger charge is 2.09. The third-order valence-corrected chi connectivity index (χ3v) is 4.11. The second-order valence-electron chi connectivity index (χ2n) is 4.80. The quantitative estimate of drug-likeness (QED) is 0.891. The Morgan fingerprint density at radius 3 is 2.48 bits per heavy atom. The van der Waals surface area contributed by atoms with Gasteiger partial charge in [0.1, 0.15) is 0 Å². The van der Waals surface area contributed by atoms with Crippen LogP contribution < -0.4 is 10.6 Å².